The third-order valence-electron chi connectivity index (χ3n) is 3.16. The van der Waals surface area contributed by atoms with E-state index in [-0.39, 0.29) is 22.1 Å². The Hall–Kier alpha value is -2.48. The number of anilines is 1. The minimum atomic E-state index is -1.34. The number of hydrogen-bond donors (Lipinski definition) is 1. The summed E-state index contributed by atoms with van der Waals surface area (Å²) in [5.74, 6) is 0.851. The SMILES string of the molecule is CCS(=O)c1ncc(C(=O)c2cc(OC)ccc2OC)c(N)n1. The maximum absolute atomic E-state index is 12.7. The van der Waals surface area contributed by atoms with Gasteiger partial charge in [0.05, 0.1) is 36.1 Å². The van der Waals surface area contributed by atoms with Crippen molar-refractivity contribution in [3.63, 3.8) is 0 Å². The van der Waals surface area contributed by atoms with Gasteiger partial charge in [-0.25, -0.2) is 9.97 Å². The first-order valence-corrected chi connectivity index (χ1v) is 8.11. The molecule has 2 rings (SSSR count). The summed E-state index contributed by atoms with van der Waals surface area (Å²) >= 11 is 0. The number of aromatic nitrogens is 2. The molecule has 1 aromatic heterocycles. The molecule has 2 aromatic rings. The third-order valence-corrected chi connectivity index (χ3v) is 4.29. The molecular formula is C15H17N3O4S. The molecule has 122 valence electrons. The van der Waals surface area contributed by atoms with Crippen LogP contribution in [-0.2, 0) is 10.8 Å². The number of hydrogen-bond acceptors (Lipinski definition) is 7. The van der Waals surface area contributed by atoms with Crippen LogP contribution in [0.1, 0.15) is 22.8 Å². The van der Waals surface area contributed by atoms with Gasteiger partial charge in [-0.15, -0.1) is 0 Å². The first-order valence-electron chi connectivity index (χ1n) is 6.79. The van der Waals surface area contributed by atoms with Crippen LogP contribution < -0.4 is 15.2 Å². The van der Waals surface area contributed by atoms with Crippen molar-refractivity contribution in [1.82, 2.24) is 9.97 Å². The fourth-order valence-corrected chi connectivity index (χ4v) is 2.56. The van der Waals surface area contributed by atoms with Crippen molar-refractivity contribution < 1.29 is 18.5 Å². The lowest BCUT2D eigenvalue weighted by Crippen LogP contribution is -2.12. The van der Waals surface area contributed by atoms with Gasteiger partial charge in [0.1, 0.15) is 17.3 Å². The Bertz CT molecular complexity index is 764. The van der Waals surface area contributed by atoms with Crippen molar-refractivity contribution >= 4 is 22.4 Å². The van der Waals surface area contributed by atoms with E-state index in [1.165, 1.54) is 20.4 Å². The summed E-state index contributed by atoms with van der Waals surface area (Å²) < 4.78 is 22.0. The Balaban J connectivity index is 2.47. The topological polar surface area (TPSA) is 104 Å². The highest BCUT2D eigenvalue weighted by atomic mass is 32.2. The molecule has 0 bridgehead atoms. The Morgan fingerprint density at radius 2 is 2.00 bits per heavy atom. The Morgan fingerprint density at radius 3 is 2.57 bits per heavy atom. The Labute approximate surface area is 136 Å². The molecule has 0 aliphatic rings. The van der Waals surface area contributed by atoms with Crippen LogP contribution in [0.25, 0.3) is 0 Å². The van der Waals surface area contributed by atoms with Gasteiger partial charge in [0, 0.05) is 11.9 Å². The minimum absolute atomic E-state index is 0.0216. The van der Waals surface area contributed by atoms with E-state index in [9.17, 15) is 9.00 Å². The summed E-state index contributed by atoms with van der Waals surface area (Å²) in [7, 11) is 1.63. The van der Waals surface area contributed by atoms with Gasteiger partial charge in [0.25, 0.3) is 0 Å². The largest absolute Gasteiger partial charge is 0.497 e. The van der Waals surface area contributed by atoms with E-state index in [0.717, 1.165) is 0 Å². The van der Waals surface area contributed by atoms with Crippen LogP contribution in [-0.4, -0.2) is 39.9 Å². The van der Waals surface area contributed by atoms with Crippen molar-refractivity contribution in [2.24, 2.45) is 0 Å². The predicted octanol–water partition coefficient (Wildman–Crippen LogP) is 1.43. The molecule has 0 saturated carbocycles. The monoisotopic (exact) mass is 335 g/mol. The standard InChI is InChI=1S/C15H17N3O4S/c1-4-23(20)15-17-8-11(14(16)18-15)13(19)10-7-9(21-2)5-6-12(10)22-3/h5-8H,4H2,1-3H3,(H2,16,17,18). The van der Waals surface area contributed by atoms with Crippen molar-refractivity contribution in [2.75, 3.05) is 25.7 Å². The average molecular weight is 335 g/mol. The highest BCUT2D eigenvalue weighted by molar-refractivity contribution is 7.84. The van der Waals surface area contributed by atoms with Crippen LogP contribution in [0.15, 0.2) is 29.6 Å². The van der Waals surface area contributed by atoms with Crippen LogP contribution in [0.5, 0.6) is 11.5 Å². The van der Waals surface area contributed by atoms with Crippen LogP contribution >= 0.6 is 0 Å². The van der Waals surface area contributed by atoms with Crippen LogP contribution in [0.2, 0.25) is 0 Å². The van der Waals surface area contributed by atoms with Gasteiger partial charge >= 0.3 is 0 Å². The lowest BCUT2D eigenvalue weighted by Gasteiger charge is -2.10. The molecule has 2 N–H and O–H groups in total. The normalized spacial score (nSPS) is 11.8. The first-order chi connectivity index (χ1) is 11.0. The zero-order valence-corrected chi connectivity index (χ0v) is 13.8. The maximum Gasteiger partial charge on any atom is 0.220 e. The van der Waals surface area contributed by atoms with Crippen LogP contribution in [0.4, 0.5) is 5.82 Å². The first kappa shape index (κ1) is 16.9. The van der Waals surface area contributed by atoms with Gasteiger partial charge in [-0.2, -0.15) is 0 Å². The number of methoxy groups -OCH3 is 2. The number of nitrogens with two attached hydrogens (primary N) is 1. The van der Waals surface area contributed by atoms with Gasteiger partial charge in [-0.05, 0) is 18.2 Å². The molecular weight excluding hydrogens is 318 g/mol. The Kier molecular flexibility index (Phi) is 5.28. The lowest BCUT2D eigenvalue weighted by atomic mass is 10.0. The highest BCUT2D eigenvalue weighted by Gasteiger charge is 2.20. The van der Waals surface area contributed by atoms with Crippen molar-refractivity contribution in [3.8, 4) is 11.5 Å². The number of rotatable bonds is 6. The number of nitrogens with zero attached hydrogens (tertiary/aromatic N) is 2. The Morgan fingerprint density at radius 1 is 1.26 bits per heavy atom. The third kappa shape index (κ3) is 3.48. The summed E-state index contributed by atoms with van der Waals surface area (Å²) in [4.78, 5) is 20.6. The van der Waals surface area contributed by atoms with E-state index in [4.69, 9.17) is 15.2 Å². The number of nitrogen functional groups attached to an aromatic ring is 1. The molecule has 23 heavy (non-hydrogen) atoms. The van der Waals surface area contributed by atoms with Gasteiger partial charge in [-0.1, -0.05) is 6.92 Å². The van der Waals surface area contributed by atoms with Crippen molar-refractivity contribution in [1.29, 1.82) is 0 Å². The number of carbonyl (C=O) groups excluding carboxylic acids is 1. The fraction of sp³-hybridized carbons (Fsp3) is 0.267. The molecule has 1 unspecified atom stereocenters. The number of benzene rings is 1. The van der Waals surface area contributed by atoms with E-state index in [0.29, 0.717) is 17.3 Å². The zero-order valence-electron chi connectivity index (χ0n) is 13.0. The zero-order chi connectivity index (χ0) is 17.0. The summed E-state index contributed by atoms with van der Waals surface area (Å²) in [6.07, 6.45) is 1.28. The summed E-state index contributed by atoms with van der Waals surface area (Å²) in [6, 6.07) is 4.87. The van der Waals surface area contributed by atoms with Crippen molar-refractivity contribution in [2.45, 2.75) is 12.1 Å². The molecule has 1 atom stereocenters. The van der Waals surface area contributed by atoms with Gasteiger partial charge in [0.15, 0.2) is 0 Å². The molecule has 8 heteroatoms. The quantitative estimate of drug-likeness (QED) is 0.629. The van der Waals surface area contributed by atoms with E-state index in [1.807, 2.05) is 0 Å². The molecule has 0 aliphatic carbocycles. The summed E-state index contributed by atoms with van der Waals surface area (Å²) in [6.45, 7) is 1.75. The molecule has 0 spiro atoms. The molecule has 1 aromatic carbocycles. The highest BCUT2D eigenvalue weighted by Crippen LogP contribution is 2.27. The number of ether oxygens (including phenoxy) is 2. The average Bonchev–Trinajstić information content (AvgIpc) is 2.59. The number of ketones is 1. The maximum atomic E-state index is 12.7. The van der Waals surface area contributed by atoms with Gasteiger partial charge in [-0.3, -0.25) is 9.00 Å². The molecule has 0 saturated heterocycles. The molecule has 0 radical (unpaired) electrons. The lowest BCUT2D eigenvalue weighted by molar-refractivity contribution is 0.103. The summed E-state index contributed by atoms with van der Waals surface area (Å²) in [5.41, 5.74) is 6.24. The van der Waals surface area contributed by atoms with Crippen LogP contribution in [0, 0.1) is 0 Å². The molecule has 0 amide bonds. The van der Waals surface area contributed by atoms with Crippen molar-refractivity contribution in [3.05, 3.63) is 35.5 Å². The van der Waals surface area contributed by atoms with Gasteiger partial charge < -0.3 is 15.2 Å². The summed E-state index contributed by atoms with van der Waals surface area (Å²) in [5, 5.41) is 0.110. The van der Waals surface area contributed by atoms with E-state index >= 15 is 0 Å². The van der Waals surface area contributed by atoms with E-state index in [1.54, 1.807) is 25.1 Å². The predicted molar refractivity (Wildman–Crippen MR) is 86.4 cm³/mol. The van der Waals surface area contributed by atoms with E-state index in [2.05, 4.69) is 9.97 Å². The fourth-order valence-electron chi connectivity index (χ4n) is 1.93. The molecule has 1 heterocycles. The number of carbonyl (C=O) groups is 1. The second-order valence-electron chi connectivity index (χ2n) is 4.48. The molecule has 0 fully saturated rings. The smallest absolute Gasteiger partial charge is 0.220 e. The second-order valence-corrected chi connectivity index (χ2v) is 6.11. The molecule has 7 nitrogen and oxygen atoms in total. The minimum Gasteiger partial charge on any atom is -0.497 e. The second kappa shape index (κ2) is 7.19. The molecule has 0 aliphatic heterocycles. The van der Waals surface area contributed by atoms with Crippen LogP contribution in [0.3, 0.4) is 0 Å². The van der Waals surface area contributed by atoms with E-state index < -0.39 is 16.6 Å². The van der Waals surface area contributed by atoms with Gasteiger partial charge in [0.2, 0.25) is 10.9 Å².